The smallest absolute Gasteiger partial charge is 0.338 e. The molecule has 7 heteroatoms. The summed E-state index contributed by atoms with van der Waals surface area (Å²) >= 11 is 0. The van der Waals surface area contributed by atoms with E-state index in [2.05, 4.69) is 0 Å². The average molecular weight is 344 g/mol. The number of ketones is 1. The third-order valence-electron chi connectivity index (χ3n) is 3.65. The molecule has 0 spiro atoms. The summed E-state index contributed by atoms with van der Waals surface area (Å²) in [4.78, 5) is 24.3. The topological polar surface area (TPSA) is 80.3 Å². The Hall–Kier alpha value is -3.22. The molecule has 0 atom stereocenters. The van der Waals surface area contributed by atoms with Crippen molar-refractivity contribution in [3.05, 3.63) is 47.5 Å². The number of ether oxygens (including phenoxy) is 5. The number of benzene rings is 2. The van der Waals surface area contributed by atoms with Gasteiger partial charge in [-0.25, -0.2) is 4.79 Å². The molecule has 3 rings (SSSR count). The van der Waals surface area contributed by atoms with Gasteiger partial charge in [0, 0.05) is 5.56 Å². The molecular formula is C18H16O7. The molecule has 130 valence electrons. The number of esters is 1. The van der Waals surface area contributed by atoms with Crippen LogP contribution in [-0.2, 0) is 4.74 Å². The van der Waals surface area contributed by atoms with Crippen molar-refractivity contribution in [1.82, 2.24) is 0 Å². The quantitative estimate of drug-likeness (QED) is 0.588. The van der Waals surface area contributed by atoms with Crippen LogP contribution < -0.4 is 18.9 Å². The van der Waals surface area contributed by atoms with E-state index in [0.29, 0.717) is 28.6 Å². The van der Waals surface area contributed by atoms with E-state index >= 15 is 0 Å². The minimum absolute atomic E-state index is 0.126. The Balaban J connectivity index is 1.65. The van der Waals surface area contributed by atoms with Crippen molar-refractivity contribution in [3.63, 3.8) is 0 Å². The summed E-state index contributed by atoms with van der Waals surface area (Å²) < 4.78 is 25.7. The summed E-state index contributed by atoms with van der Waals surface area (Å²) in [5, 5.41) is 0. The van der Waals surface area contributed by atoms with Crippen LogP contribution in [0.1, 0.15) is 20.7 Å². The Morgan fingerprint density at radius 2 is 1.64 bits per heavy atom. The van der Waals surface area contributed by atoms with Crippen molar-refractivity contribution in [2.45, 2.75) is 0 Å². The predicted molar refractivity (Wildman–Crippen MR) is 86.7 cm³/mol. The molecule has 7 nitrogen and oxygen atoms in total. The van der Waals surface area contributed by atoms with Gasteiger partial charge in [0.05, 0.1) is 19.8 Å². The molecule has 2 aromatic rings. The molecule has 0 aromatic heterocycles. The van der Waals surface area contributed by atoms with E-state index in [1.54, 1.807) is 24.3 Å². The van der Waals surface area contributed by atoms with Gasteiger partial charge in [0.25, 0.3) is 0 Å². The molecule has 0 N–H and O–H groups in total. The molecule has 1 aliphatic rings. The number of carbonyl (C=O) groups is 2. The molecule has 2 aromatic carbocycles. The van der Waals surface area contributed by atoms with Crippen LogP contribution >= 0.6 is 0 Å². The van der Waals surface area contributed by atoms with E-state index < -0.39 is 5.97 Å². The molecule has 0 saturated carbocycles. The van der Waals surface area contributed by atoms with Gasteiger partial charge < -0.3 is 23.7 Å². The van der Waals surface area contributed by atoms with Gasteiger partial charge in [-0.05, 0) is 36.4 Å². The van der Waals surface area contributed by atoms with Crippen LogP contribution in [0.25, 0.3) is 0 Å². The Morgan fingerprint density at radius 3 is 2.40 bits per heavy atom. The molecular weight excluding hydrogens is 328 g/mol. The first-order valence-corrected chi connectivity index (χ1v) is 7.44. The first-order valence-electron chi connectivity index (χ1n) is 7.44. The molecule has 0 aliphatic carbocycles. The zero-order chi connectivity index (χ0) is 17.8. The molecule has 0 amide bonds. The van der Waals surface area contributed by atoms with Crippen LogP contribution in [0.3, 0.4) is 0 Å². The number of hydrogen-bond acceptors (Lipinski definition) is 7. The third kappa shape index (κ3) is 3.50. The lowest BCUT2D eigenvalue weighted by Crippen LogP contribution is -2.14. The minimum atomic E-state index is -0.630. The van der Waals surface area contributed by atoms with Gasteiger partial charge in [0.2, 0.25) is 6.79 Å². The van der Waals surface area contributed by atoms with Crippen LogP contribution in [0.4, 0.5) is 0 Å². The molecule has 0 bridgehead atoms. The van der Waals surface area contributed by atoms with Gasteiger partial charge in [-0.3, -0.25) is 4.79 Å². The van der Waals surface area contributed by atoms with Crippen LogP contribution in [-0.4, -0.2) is 39.4 Å². The first-order chi connectivity index (χ1) is 12.1. The Morgan fingerprint density at radius 1 is 0.920 bits per heavy atom. The maximum absolute atomic E-state index is 12.2. The number of rotatable bonds is 6. The number of carbonyl (C=O) groups excluding carboxylic acids is 2. The number of fused-ring (bicyclic) bond motifs is 1. The molecule has 0 unspecified atom stereocenters. The van der Waals surface area contributed by atoms with Crippen LogP contribution in [0.5, 0.6) is 23.0 Å². The van der Waals surface area contributed by atoms with Crippen molar-refractivity contribution in [2.75, 3.05) is 27.6 Å². The van der Waals surface area contributed by atoms with E-state index in [-0.39, 0.29) is 24.7 Å². The van der Waals surface area contributed by atoms with Gasteiger partial charge in [0.15, 0.2) is 35.4 Å². The fourth-order valence-electron chi connectivity index (χ4n) is 2.33. The van der Waals surface area contributed by atoms with E-state index in [9.17, 15) is 9.59 Å². The fraction of sp³-hybridized carbons (Fsp3) is 0.222. The minimum Gasteiger partial charge on any atom is -0.493 e. The van der Waals surface area contributed by atoms with Crippen molar-refractivity contribution in [1.29, 1.82) is 0 Å². The van der Waals surface area contributed by atoms with Crippen molar-refractivity contribution in [3.8, 4) is 23.0 Å². The molecule has 0 fully saturated rings. The summed E-state index contributed by atoms with van der Waals surface area (Å²) in [5.74, 6) is 1.01. The summed E-state index contributed by atoms with van der Waals surface area (Å²) in [5.41, 5.74) is 0.639. The lowest BCUT2D eigenvalue weighted by Gasteiger charge is -2.09. The predicted octanol–water partition coefficient (Wildman–Crippen LogP) is 2.47. The first kappa shape index (κ1) is 16.6. The normalized spacial score (nSPS) is 11.8. The summed E-state index contributed by atoms with van der Waals surface area (Å²) in [7, 11) is 2.97. The van der Waals surface area contributed by atoms with Crippen LogP contribution in [0.15, 0.2) is 36.4 Å². The van der Waals surface area contributed by atoms with Gasteiger partial charge in [-0.1, -0.05) is 0 Å². The van der Waals surface area contributed by atoms with Gasteiger partial charge in [-0.2, -0.15) is 0 Å². The second-order valence-corrected chi connectivity index (χ2v) is 5.14. The third-order valence-corrected chi connectivity index (χ3v) is 3.65. The zero-order valence-electron chi connectivity index (χ0n) is 13.7. The second kappa shape index (κ2) is 7.12. The highest BCUT2D eigenvalue weighted by Crippen LogP contribution is 2.32. The standard InChI is InChI=1S/C18H16O7/c1-21-14-5-4-12(8-16(14)22-2)18(20)23-9-13(19)11-3-6-15-17(7-11)25-10-24-15/h3-8H,9-10H2,1-2H3. The van der Waals surface area contributed by atoms with Crippen LogP contribution in [0.2, 0.25) is 0 Å². The highest BCUT2D eigenvalue weighted by Gasteiger charge is 2.18. The number of Topliss-reactive ketones (excluding diaryl/α,β-unsaturated/α-hetero) is 1. The summed E-state index contributed by atoms with van der Waals surface area (Å²) in [6, 6.07) is 9.43. The van der Waals surface area contributed by atoms with Crippen molar-refractivity contribution < 1.29 is 33.3 Å². The Labute approximate surface area is 144 Å². The van der Waals surface area contributed by atoms with E-state index in [4.69, 9.17) is 23.7 Å². The van der Waals surface area contributed by atoms with Gasteiger partial charge in [0.1, 0.15) is 0 Å². The maximum Gasteiger partial charge on any atom is 0.338 e. The maximum atomic E-state index is 12.2. The fourth-order valence-corrected chi connectivity index (χ4v) is 2.33. The van der Waals surface area contributed by atoms with E-state index in [1.165, 1.54) is 26.4 Å². The highest BCUT2D eigenvalue weighted by atomic mass is 16.7. The van der Waals surface area contributed by atoms with E-state index in [1.807, 2.05) is 0 Å². The summed E-state index contributed by atoms with van der Waals surface area (Å²) in [6.45, 7) is -0.256. The molecule has 25 heavy (non-hydrogen) atoms. The molecule has 1 heterocycles. The monoisotopic (exact) mass is 344 g/mol. The molecule has 0 radical (unpaired) electrons. The summed E-state index contributed by atoms with van der Waals surface area (Å²) in [6.07, 6.45) is 0. The second-order valence-electron chi connectivity index (χ2n) is 5.14. The number of methoxy groups -OCH3 is 2. The molecule has 1 aliphatic heterocycles. The SMILES string of the molecule is COc1ccc(C(=O)OCC(=O)c2ccc3c(c2)OCO3)cc1OC. The average Bonchev–Trinajstić information content (AvgIpc) is 3.12. The van der Waals surface area contributed by atoms with Gasteiger partial charge in [-0.15, -0.1) is 0 Å². The van der Waals surface area contributed by atoms with E-state index in [0.717, 1.165) is 0 Å². The van der Waals surface area contributed by atoms with Crippen molar-refractivity contribution in [2.24, 2.45) is 0 Å². The Bertz CT molecular complexity index is 813. The number of hydrogen-bond donors (Lipinski definition) is 0. The lowest BCUT2D eigenvalue weighted by atomic mass is 10.1. The van der Waals surface area contributed by atoms with Crippen LogP contribution in [0, 0.1) is 0 Å². The highest BCUT2D eigenvalue weighted by molar-refractivity contribution is 6.00. The lowest BCUT2D eigenvalue weighted by molar-refractivity contribution is 0.0474. The van der Waals surface area contributed by atoms with Gasteiger partial charge >= 0.3 is 5.97 Å². The Kier molecular flexibility index (Phi) is 4.74. The molecule has 0 saturated heterocycles. The zero-order valence-corrected chi connectivity index (χ0v) is 13.7. The largest absolute Gasteiger partial charge is 0.493 e. The van der Waals surface area contributed by atoms with Crippen molar-refractivity contribution >= 4 is 11.8 Å².